The van der Waals surface area contributed by atoms with Gasteiger partial charge in [0.2, 0.25) is 5.91 Å². The van der Waals surface area contributed by atoms with E-state index in [-0.39, 0.29) is 11.8 Å². The highest BCUT2D eigenvalue weighted by molar-refractivity contribution is 5.84. The van der Waals surface area contributed by atoms with Gasteiger partial charge in [0.25, 0.3) is 0 Å². The van der Waals surface area contributed by atoms with Crippen molar-refractivity contribution >= 4 is 11.9 Å². The molecule has 2 aliphatic rings. The highest BCUT2D eigenvalue weighted by atomic mass is 16.4. The van der Waals surface area contributed by atoms with Gasteiger partial charge in [-0.05, 0) is 38.5 Å². The minimum absolute atomic E-state index is 0.0642. The summed E-state index contributed by atoms with van der Waals surface area (Å²) in [7, 11) is 0. The predicted molar refractivity (Wildman–Crippen MR) is 72.6 cm³/mol. The molecule has 0 unspecified atom stereocenters. The molecule has 0 aromatic rings. The first kappa shape index (κ1) is 14.1. The van der Waals surface area contributed by atoms with Gasteiger partial charge in [-0.1, -0.05) is 24.5 Å². The first-order valence-corrected chi connectivity index (χ1v) is 7.37. The van der Waals surface area contributed by atoms with Crippen molar-refractivity contribution < 1.29 is 14.7 Å². The first-order valence-electron chi connectivity index (χ1n) is 7.37. The maximum absolute atomic E-state index is 12.1. The van der Waals surface area contributed by atoms with E-state index in [2.05, 4.69) is 11.4 Å². The van der Waals surface area contributed by atoms with E-state index in [0.29, 0.717) is 19.4 Å². The number of carboxylic acids is 1. The molecule has 0 spiro atoms. The molecule has 0 radical (unpaired) electrons. The minimum atomic E-state index is -0.821. The zero-order chi connectivity index (χ0) is 13.7. The topological polar surface area (TPSA) is 66.4 Å². The number of hydrogen-bond donors (Lipinski definition) is 2. The smallest absolute Gasteiger partial charge is 0.307 e. The van der Waals surface area contributed by atoms with E-state index in [1.807, 2.05) is 0 Å². The molecular formula is C15H23NO3. The molecule has 0 aromatic carbocycles. The van der Waals surface area contributed by atoms with Crippen LogP contribution in [0.4, 0.5) is 0 Å². The standard InChI is InChI=1S/C15H23NO3/c17-14(16-10-9-11-5-1-2-6-11)12-7-3-4-8-13(12)15(18)19/h5,12-13H,1-4,6-10H2,(H,16,17)(H,18,19)/t12-,13+/m1/s1. The van der Waals surface area contributed by atoms with Gasteiger partial charge in [-0.3, -0.25) is 9.59 Å². The molecule has 2 N–H and O–H groups in total. The van der Waals surface area contributed by atoms with Crippen LogP contribution in [0.3, 0.4) is 0 Å². The van der Waals surface area contributed by atoms with E-state index in [1.165, 1.54) is 12.0 Å². The molecule has 4 heteroatoms. The van der Waals surface area contributed by atoms with E-state index in [1.54, 1.807) is 0 Å². The molecule has 2 aliphatic carbocycles. The second-order valence-electron chi connectivity index (χ2n) is 5.63. The van der Waals surface area contributed by atoms with Crippen molar-refractivity contribution in [1.82, 2.24) is 5.32 Å². The summed E-state index contributed by atoms with van der Waals surface area (Å²) in [5.74, 6) is -1.70. The van der Waals surface area contributed by atoms with Gasteiger partial charge in [0, 0.05) is 6.54 Å². The van der Waals surface area contributed by atoms with Crippen LogP contribution in [0.5, 0.6) is 0 Å². The third-order valence-electron chi connectivity index (χ3n) is 4.30. The van der Waals surface area contributed by atoms with E-state index >= 15 is 0 Å². The summed E-state index contributed by atoms with van der Waals surface area (Å²) < 4.78 is 0. The summed E-state index contributed by atoms with van der Waals surface area (Å²) in [6, 6.07) is 0. The third kappa shape index (κ3) is 3.82. The van der Waals surface area contributed by atoms with E-state index in [9.17, 15) is 9.59 Å². The zero-order valence-corrected chi connectivity index (χ0v) is 11.4. The lowest BCUT2D eigenvalue weighted by atomic mass is 9.78. The van der Waals surface area contributed by atoms with Gasteiger partial charge in [0.05, 0.1) is 11.8 Å². The fraction of sp³-hybridized carbons (Fsp3) is 0.733. The number of amides is 1. The molecule has 1 saturated carbocycles. The number of rotatable bonds is 5. The number of carbonyl (C=O) groups is 2. The maximum Gasteiger partial charge on any atom is 0.307 e. The highest BCUT2D eigenvalue weighted by Crippen LogP contribution is 2.30. The van der Waals surface area contributed by atoms with Crippen LogP contribution in [0.25, 0.3) is 0 Å². The molecule has 1 amide bonds. The SMILES string of the molecule is O=C(O)[C@H]1CCCC[C@H]1C(=O)NCCC1=CCCC1. The van der Waals surface area contributed by atoms with Crippen LogP contribution in [0.1, 0.15) is 51.4 Å². The van der Waals surface area contributed by atoms with E-state index in [4.69, 9.17) is 5.11 Å². The van der Waals surface area contributed by atoms with Gasteiger partial charge in [-0.2, -0.15) is 0 Å². The molecule has 0 heterocycles. The van der Waals surface area contributed by atoms with E-state index in [0.717, 1.165) is 32.1 Å². The van der Waals surface area contributed by atoms with Crippen molar-refractivity contribution in [2.45, 2.75) is 51.4 Å². The molecule has 1 fully saturated rings. The van der Waals surface area contributed by atoms with Crippen LogP contribution in [-0.4, -0.2) is 23.5 Å². The van der Waals surface area contributed by atoms with Crippen molar-refractivity contribution in [2.24, 2.45) is 11.8 Å². The number of hydrogen-bond acceptors (Lipinski definition) is 2. The van der Waals surface area contributed by atoms with E-state index < -0.39 is 11.9 Å². The van der Waals surface area contributed by atoms with Gasteiger partial charge in [0.1, 0.15) is 0 Å². The van der Waals surface area contributed by atoms with Crippen LogP contribution >= 0.6 is 0 Å². The molecule has 0 bridgehead atoms. The highest BCUT2D eigenvalue weighted by Gasteiger charge is 2.35. The molecule has 4 nitrogen and oxygen atoms in total. The molecular weight excluding hydrogens is 242 g/mol. The fourth-order valence-corrected chi connectivity index (χ4v) is 3.18. The summed E-state index contributed by atoms with van der Waals surface area (Å²) in [6.45, 7) is 0.646. The lowest BCUT2D eigenvalue weighted by molar-refractivity contribution is -0.148. The summed E-state index contributed by atoms with van der Waals surface area (Å²) in [6.07, 6.45) is 9.95. The number of carboxylic acid groups (broad SMARTS) is 1. The molecule has 19 heavy (non-hydrogen) atoms. The van der Waals surface area contributed by atoms with Crippen LogP contribution in [-0.2, 0) is 9.59 Å². The third-order valence-corrected chi connectivity index (χ3v) is 4.30. The Labute approximate surface area is 114 Å². The molecule has 0 saturated heterocycles. The zero-order valence-electron chi connectivity index (χ0n) is 11.4. The molecule has 2 atom stereocenters. The number of nitrogens with one attached hydrogen (secondary N) is 1. The Morgan fingerprint density at radius 1 is 1.21 bits per heavy atom. The average Bonchev–Trinajstić information content (AvgIpc) is 2.91. The number of aliphatic carboxylic acids is 1. The van der Waals surface area contributed by atoms with Crippen LogP contribution in [0.15, 0.2) is 11.6 Å². The van der Waals surface area contributed by atoms with Gasteiger partial charge in [0.15, 0.2) is 0 Å². The quantitative estimate of drug-likeness (QED) is 0.750. The lowest BCUT2D eigenvalue weighted by Crippen LogP contribution is -2.40. The Kier molecular flexibility index (Phi) is 5.00. The summed E-state index contributed by atoms with van der Waals surface area (Å²) in [5, 5.41) is 12.1. The molecule has 2 rings (SSSR count). The van der Waals surface area contributed by atoms with Crippen molar-refractivity contribution in [3.8, 4) is 0 Å². The Balaban J connectivity index is 1.78. The molecule has 0 aromatic heterocycles. The van der Waals surface area contributed by atoms with Crippen molar-refractivity contribution in [2.75, 3.05) is 6.54 Å². The number of carbonyl (C=O) groups excluding carboxylic acids is 1. The normalized spacial score (nSPS) is 26.8. The van der Waals surface area contributed by atoms with Gasteiger partial charge < -0.3 is 10.4 Å². The van der Waals surface area contributed by atoms with Crippen LogP contribution in [0.2, 0.25) is 0 Å². The largest absolute Gasteiger partial charge is 0.481 e. The molecule has 106 valence electrons. The van der Waals surface area contributed by atoms with Crippen molar-refractivity contribution in [3.63, 3.8) is 0 Å². The van der Waals surface area contributed by atoms with Gasteiger partial charge in [-0.25, -0.2) is 0 Å². The second-order valence-corrected chi connectivity index (χ2v) is 5.63. The summed E-state index contributed by atoms with van der Waals surface area (Å²) in [4.78, 5) is 23.3. The van der Waals surface area contributed by atoms with Crippen LogP contribution in [0, 0.1) is 11.8 Å². The van der Waals surface area contributed by atoms with Crippen molar-refractivity contribution in [1.29, 1.82) is 0 Å². The first-order chi connectivity index (χ1) is 9.18. The maximum atomic E-state index is 12.1. The Morgan fingerprint density at radius 3 is 2.58 bits per heavy atom. The van der Waals surface area contributed by atoms with Crippen molar-refractivity contribution in [3.05, 3.63) is 11.6 Å². The van der Waals surface area contributed by atoms with Gasteiger partial charge >= 0.3 is 5.97 Å². The predicted octanol–water partition coefficient (Wildman–Crippen LogP) is 2.49. The van der Waals surface area contributed by atoms with Crippen LogP contribution < -0.4 is 5.32 Å². The summed E-state index contributed by atoms with van der Waals surface area (Å²) in [5.41, 5.74) is 1.43. The molecule has 0 aliphatic heterocycles. The Bertz CT molecular complexity index is 376. The number of allylic oxidation sites excluding steroid dienone is 1. The average molecular weight is 265 g/mol. The minimum Gasteiger partial charge on any atom is -0.481 e. The Morgan fingerprint density at radius 2 is 1.95 bits per heavy atom. The van der Waals surface area contributed by atoms with Gasteiger partial charge in [-0.15, -0.1) is 0 Å². The fourth-order valence-electron chi connectivity index (χ4n) is 3.18. The monoisotopic (exact) mass is 265 g/mol. The summed E-state index contributed by atoms with van der Waals surface area (Å²) >= 11 is 0. The Hall–Kier alpha value is -1.32. The second kappa shape index (κ2) is 6.73. The lowest BCUT2D eigenvalue weighted by Gasteiger charge is -2.27.